The number of hydrogen-bond acceptors (Lipinski definition) is 6. The fourth-order valence-electron chi connectivity index (χ4n) is 6.12. The van der Waals surface area contributed by atoms with E-state index in [0.717, 1.165) is 54.0 Å². The van der Waals surface area contributed by atoms with Crippen LogP contribution in [0.4, 0.5) is 5.69 Å². The van der Waals surface area contributed by atoms with Crippen LogP contribution in [0.15, 0.2) is 41.3 Å². The molecule has 1 saturated heterocycles. The predicted molar refractivity (Wildman–Crippen MR) is 151 cm³/mol. The molecule has 0 spiro atoms. The Balaban J connectivity index is 1.54. The van der Waals surface area contributed by atoms with Crippen LogP contribution in [0.25, 0.3) is 22.1 Å². The minimum absolute atomic E-state index is 0.0617. The summed E-state index contributed by atoms with van der Waals surface area (Å²) >= 11 is 0. The fraction of sp³-hybridized carbons (Fsp3) is 0.517. The third-order valence-electron chi connectivity index (χ3n) is 8.17. The Morgan fingerprint density at radius 3 is 2.50 bits per heavy atom. The van der Waals surface area contributed by atoms with Crippen LogP contribution in [0.2, 0.25) is 0 Å². The lowest BCUT2D eigenvalue weighted by atomic mass is 9.99. The molecule has 1 unspecified atom stereocenters. The number of aryl methyl sites for hydroxylation is 1. The quantitative estimate of drug-likeness (QED) is 0.357. The highest BCUT2D eigenvalue weighted by atomic mass is 16.1. The van der Waals surface area contributed by atoms with Crippen LogP contribution in [0.5, 0.6) is 0 Å². The maximum Gasteiger partial charge on any atom is 0.252 e. The fourth-order valence-corrected chi connectivity index (χ4v) is 6.12. The maximum absolute atomic E-state index is 13.0. The van der Waals surface area contributed by atoms with E-state index < -0.39 is 0 Å². The molecule has 5 rings (SSSR count). The second-order valence-electron chi connectivity index (χ2n) is 10.7. The summed E-state index contributed by atoms with van der Waals surface area (Å²) in [6.45, 7) is 13.0. The van der Waals surface area contributed by atoms with Gasteiger partial charge in [0.15, 0.2) is 0 Å². The average Bonchev–Trinajstić information content (AvgIpc) is 3.52. The highest BCUT2D eigenvalue weighted by Crippen LogP contribution is 2.35. The summed E-state index contributed by atoms with van der Waals surface area (Å²) in [5.41, 5.74) is 4.56. The summed E-state index contributed by atoms with van der Waals surface area (Å²) < 4.78 is 5.62. The summed E-state index contributed by atoms with van der Waals surface area (Å²) in [6, 6.07) is 13.2. The first kappa shape index (κ1) is 26.0. The van der Waals surface area contributed by atoms with E-state index >= 15 is 0 Å². The van der Waals surface area contributed by atoms with Crippen molar-refractivity contribution < 1.29 is 0 Å². The lowest BCUT2D eigenvalue weighted by Crippen LogP contribution is -2.59. The highest BCUT2D eigenvalue weighted by Gasteiger charge is 2.38. The molecule has 3 aromatic heterocycles. The number of piperazine rings is 1. The maximum atomic E-state index is 13.0. The Labute approximate surface area is 223 Å². The Morgan fingerprint density at radius 1 is 1.08 bits per heavy atom. The van der Waals surface area contributed by atoms with Crippen molar-refractivity contribution in [1.82, 2.24) is 28.8 Å². The van der Waals surface area contributed by atoms with Gasteiger partial charge in [-0.15, -0.1) is 0 Å². The first-order valence-electron chi connectivity index (χ1n) is 13.7. The van der Waals surface area contributed by atoms with Crippen molar-refractivity contribution >= 4 is 27.8 Å². The summed E-state index contributed by atoms with van der Waals surface area (Å²) in [5.74, 6) is 1.11. The normalized spacial score (nSPS) is 19.5. The molecule has 0 saturated carbocycles. The molecule has 0 radical (unpaired) electrons. The molecule has 4 aromatic rings. The first-order chi connectivity index (χ1) is 18.3. The zero-order chi connectivity index (χ0) is 27.1. The van der Waals surface area contributed by atoms with Gasteiger partial charge in [-0.1, -0.05) is 26.0 Å². The smallest absolute Gasteiger partial charge is 0.252 e. The zero-order valence-electron chi connectivity index (χ0n) is 23.3. The number of hydrogen-bond donors (Lipinski definition) is 0. The molecule has 1 fully saturated rings. The van der Waals surface area contributed by atoms with Gasteiger partial charge in [-0.05, 0) is 45.7 Å². The second-order valence-corrected chi connectivity index (χ2v) is 10.7. The van der Waals surface area contributed by atoms with E-state index in [1.165, 1.54) is 5.52 Å². The monoisotopic (exact) mass is 514 g/mol. The van der Waals surface area contributed by atoms with Crippen LogP contribution < -0.4 is 10.5 Å². The lowest BCUT2D eigenvalue weighted by Gasteiger charge is -2.49. The molecule has 0 aliphatic carbocycles. The number of nitrogens with zero attached hydrogens (tertiary/aromatic N) is 8. The number of pyridine rings is 1. The third kappa shape index (κ3) is 4.27. The molecule has 4 heterocycles. The van der Waals surface area contributed by atoms with E-state index in [2.05, 4.69) is 79.3 Å². The van der Waals surface area contributed by atoms with Crippen LogP contribution in [0, 0.1) is 11.3 Å². The van der Waals surface area contributed by atoms with Crippen LogP contribution in [0.1, 0.15) is 65.4 Å². The minimum Gasteiger partial charge on any atom is -0.364 e. The summed E-state index contributed by atoms with van der Waals surface area (Å²) in [5, 5.41) is 13.9. The van der Waals surface area contributed by atoms with Gasteiger partial charge < -0.3 is 14.0 Å². The van der Waals surface area contributed by atoms with Gasteiger partial charge in [0.1, 0.15) is 17.9 Å². The van der Waals surface area contributed by atoms with Crippen molar-refractivity contribution in [2.75, 3.05) is 18.0 Å². The van der Waals surface area contributed by atoms with E-state index in [1.807, 2.05) is 0 Å². The number of anilines is 1. The molecule has 0 amide bonds. The van der Waals surface area contributed by atoms with Gasteiger partial charge in [0.25, 0.3) is 5.56 Å². The molecular formula is C29H38N8O. The van der Waals surface area contributed by atoms with Gasteiger partial charge in [-0.2, -0.15) is 10.4 Å². The van der Waals surface area contributed by atoms with Crippen molar-refractivity contribution in [2.24, 2.45) is 7.05 Å². The van der Waals surface area contributed by atoms with Crippen molar-refractivity contribution in [3.63, 3.8) is 0 Å². The van der Waals surface area contributed by atoms with Gasteiger partial charge in [-0.3, -0.25) is 14.4 Å². The number of imidazole rings is 1. The molecule has 9 nitrogen and oxygen atoms in total. The molecule has 38 heavy (non-hydrogen) atoms. The van der Waals surface area contributed by atoms with Crippen molar-refractivity contribution in [2.45, 2.75) is 78.2 Å². The molecule has 3 atom stereocenters. The topological polar surface area (TPSA) is 87.9 Å². The molecule has 1 aliphatic rings. The number of para-hydroxylation sites is 2. The summed E-state index contributed by atoms with van der Waals surface area (Å²) in [4.78, 5) is 23.1. The molecular weight excluding hydrogens is 476 g/mol. The molecule has 1 aromatic carbocycles. The average molecular weight is 515 g/mol. The minimum atomic E-state index is -0.0617. The highest BCUT2D eigenvalue weighted by molar-refractivity contribution is 5.88. The Hall–Kier alpha value is -3.64. The van der Waals surface area contributed by atoms with Gasteiger partial charge >= 0.3 is 0 Å². The standard InChI is InChI=1S/C29H38N8O/c1-7-21-17-36(25-15-27(38)33(6)26-18-34(14-13-30)32-28(25)26)22(8-2)16-35(21)20(5)29-31-23-11-9-10-12-24(23)37(29)19(3)4/h9-12,15,18-22H,7-8,14,16-17H2,1-6H3/t20?,21-,22+/m1/s1. The van der Waals surface area contributed by atoms with Crippen LogP contribution in [-0.2, 0) is 13.6 Å². The molecule has 9 heteroatoms. The predicted octanol–water partition coefficient (Wildman–Crippen LogP) is 4.63. The van der Waals surface area contributed by atoms with E-state index in [9.17, 15) is 10.1 Å². The van der Waals surface area contributed by atoms with Crippen LogP contribution in [-0.4, -0.2) is 54.0 Å². The Morgan fingerprint density at radius 2 is 1.82 bits per heavy atom. The summed E-state index contributed by atoms with van der Waals surface area (Å²) in [7, 11) is 1.76. The SMILES string of the molecule is CC[C@H]1CN(C(C)c2nc3ccccc3n2C(C)C)[C@H](CC)CN1c1cc(=O)n(C)c2cn(CC#N)nc12. The van der Waals surface area contributed by atoms with Gasteiger partial charge in [-0.25, -0.2) is 4.98 Å². The second kappa shape index (κ2) is 10.3. The van der Waals surface area contributed by atoms with Gasteiger partial charge in [0, 0.05) is 44.3 Å². The van der Waals surface area contributed by atoms with E-state index in [4.69, 9.17) is 10.1 Å². The molecule has 200 valence electrons. The van der Waals surface area contributed by atoms with E-state index in [0.29, 0.717) is 6.04 Å². The zero-order valence-corrected chi connectivity index (χ0v) is 23.3. The van der Waals surface area contributed by atoms with Crippen molar-refractivity contribution in [3.05, 3.63) is 52.7 Å². The first-order valence-corrected chi connectivity index (χ1v) is 13.7. The van der Waals surface area contributed by atoms with Crippen molar-refractivity contribution in [1.29, 1.82) is 5.26 Å². The number of aromatic nitrogens is 5. The Kier molecular flexibility index (Phi) is 7.01. The molecule has 0 bridgehead atoms. The van der Waals surface area contributed by atoms with Crippen LogP contribution >= 0.6 is 0 Å². The lowest BCUT2D eigenvalue weighted by molar-refractivity contribution is 0.0947. The Bertz CT molecular complexity index is 1550. The van der Waals surface area contributed by atoms with Crippen molar-refractivity contribution in [3.8, 4) is 6.07 Å². The number of fused-ring (bicyclic) bond motifs is 2. The van der Waals surface area contributed by atoms with Crippen LogP contribution in [0.3, 0.4) is 0 Å². The molecule has 0 N–H and O–H groups in total. The van der Waals surface area contributed by atoms with Gasteiger partial charge in [0.05, 0.1) is 40.5 Å². The van der Waals surface area contributed by atoms with Gasteiger partial charge in [0.2, 0.25) is 0 Å². The molecule has 1 aliphatic heterocycles. The third-order valence-corrected chi connectivity index (χ3v) is 8.17. The largest absolute Gasteiger partial charge is 0.364 e. The number of benzene rings is 1. The van der Waals surface area contributed by atoms with E-state index in [1.54, 1.807) is 28.6 Å². The summed E-state index contributed by atoms with van der Waals surface area (Å²) in [6.07, 6.45) is 3.72. The van der Waals surface area contributed by atoms with E-state index in [-0.39, 0.29) is 30.2 Å². The number of nitriles is 1. The number of rotatable bonds is 7.